The Labute approximate surface area is 196 Å². The topological polar surface area (TPSA) is 93.7 Å². The lowest BCUT2D eigenvalue weighted by Gasteiger charge is -2.10. The molecule has 0 aliphatic carbocycles. The Morgan fingerprint density at radius 2 is 1.70 bits per heavy atom. The molecule has 8 heteroatoms. The summed E-state index contributed by atoms with van der Waals surface area (Å²) in [6.07, 6.45) is 0.337. The van der Waals surface area contributed by atoms with Crippen molar-refractivity contribution in [3.8, 4) is 16.9 Å². The minimum atomic E-state index is -0.504. The van der Waals surface area contributed by atoms with Crippen molar-refractivity contribution in [2.24, 2.45) is 0 Å². The standard InChI is InChI=1S/C25H26N2O5S/c1-3-32-25(30)23-20(18-9-11-19(31-2)12-10-18)16-33-24(23)27-21(28)13-14-26-22(29)15-17-7-5-4-6-8-17/h4-12,16H,3,13-15H2,1-2H3,(H,26,29)(H,27,28). The second kappa shape index (κ2) is 11.8. The van der Waals surface area contributed by atoms with Gasteiger partial charge in [0.05, 0.1) is 20.1 Å². The largest absolute Gasteiger partial charge is 0.497 e. The van der Waals surface area contributed by atoms with Crippen LogP contribution in [-0.2, 0) is 20.7 Å². The van der Waals surface area contributed by atoms with E-state index in [0.29, 0.717) is 21.9 Å². The summed E-state index contributed by atoms with van der Waals surface area (Å²) in [6, 6.07) is 16.7. The van der Waals surface area contributed by atoms with Gasteiger partial charge in [-0.05, 0) is 30.2 Å². The molecule has 0 spiro atoms. The van der Waals surface area contributed by atoms with Gasteiger partial charge in [-0.25, -0.2) is 4.79 Å². The molecule has 3 aromatic rings. The first-order valence-electron chi connectivity index (χ1n) is 10.5. The van der Waals surface area contributed by atoms with Crippen LogP contribution in [0.4, 0.5) is 5.00 Å². The van der Waals surface area contributed by atoms with Crippen LogP contribution in [0.15, 0.2) is 60.0 Å². The lowest BCUT2D eigenvalue weighted by molar-refractivity contribution is -0.120. The molecule has 0 unspecified atom stereocenters. The maximum Gasteiger partial charge on any atom is 0.341 e. The van der Waals surface area contributed by atoms with Gasteiger partial charge in [0, 0.05) is 23.9 Å². The second-order valence-electron chi connectivity index (χ2n) is 7.11. The number of benzene rings is 2. The predicted octanol–water partition coefficient (Wildman–Crippen LogP) is 4.29. The Hall–Kier alpha value is -3.65. The van der Waals surface area contributed by atoms with E-state index in [1.54, 1.807) is 26.2 Å². The zero-order chi connectivity index (χ0) is 23.6. The highest BCUT2D eigenvalue weighted by Crippen LogP contribution is 2.36. The zero-order valence-corrected chi connectivity index (χ0v) is 19.4. The van der Waals surface area contributed by atoms with Crippen molar-refractivity contribution in [1.82, 2.24) is 5.32 Å². The van der Waals surface area contributed by atoms with Gasteiger partial charge in [-0.15, -0.1) is 11.3 Å². The summed E-state index contributed by atoms with van der Waals surface area (Å²) in [7, 11) is 1.58. The van der Waals surface area contributed by atoms with E-state index in [4.69, 9.17) is 9.47 Å². The van der Waals surface area contributed by atoms with Crippen molar-refractivity contribution in [2.45, 2.75) is 19.8 Å². The first kappa shape index (κ1) is 24.0. The van der Waals surface area contributed by atoms with Crippen LogP contribution in [-0.4, -0.2) is 38.0 Å². The van der Waals surface area contributed by atoms with Crippen molar-refractivity contribution >= 4 is 34.1 Å². The van der Waals surface area contributed by atoms with Gasteiger partial charge in [0.1, 0.15) is 16.3 Å². The molecule has 0 fully saturated rings. The zero-order valence-electron chi connectivity index (χ0n) is 18.6. The van der Waals surface area contributed by atoms with Crippen LogP contribution < -0.4 is 15.4 Å². The Morgan fingerprint density at radius 3 is 2.36 bits per heavy atom. The van der Waals surface area contributed by atoms with Gasteiger partial charge in [-0.1, -0.05) is 42.5 Å². The van der Waals surface area contributed by atoms with Crippen molar-refractivity contribution in [2.75, 3.05) is 25.6 Å². The molecule has 2 amide bonds. The smallest absolute Gasteiger partial charge is 0.341 e. The van der Waals surface area contributed by atoms with Crippen LogP contribution in [0.5, 0.6) is 5.75 Å². The Morgan fingerprint density at radius 1 is 0.970 bits per heavy atom. The van der Waals surface area contributed by atoms with Crippen molar-refractivity contribution in [3.05, 3.63) is 71.1 Å². The molecule has 1 aromatic heterocycles. The number of hydrogen-bond acceptors (Lipinski definition) is 6. The van der Waals surface area contributed by atoms with Crippen molar-refractivity contribution in [1.29, 1.82) is 0 Å². The molecule has 0 bridgehead atoms. The quantitative estimate of drug-likeness (QED) is 0.435. The third kappa shape index (κ3) is 6.66. The van der Waals surface area contributed by atoms with Gasteiger partial charge in [-0.3, -0.25) is 9.59 Å². The number of esters is 1. The summed E-state index contributed by atoms with van der Waals surface area (Å²) in [5, 5.41) is 7.76. The minimum Gasteiger partial charge on any atom is -0.497 e. The normalized spacial score (nSPS) is 10.4. The predicted molar refractivity (Wildman–Crippen MR) is 129 cm³/mol. The average molecular weight is 467 g/mol. The molecule has 0 aliphatic rings. The van der Waals surface area contributed by atoms with Gasteiger partial charge in [0.15, 0.2) is 0 Å². The SMILES string of the molecule is CCOC(=O)c1c(-c2ccc(OC)cc2)csc1NC(=O)CCNC(=O)Cc1ccccc1. The fraction of sp³-hybridized carbons (Fsp3) is 0.240. The first-order chi connectivity index (χ1) is 16.0. The van der Waals surface area contributed by atoms with Gasteiger partial charge in [0.2, 0.25) is 11.8 Å². The van der Waals surface area contributed by atoms with E-state index in [2.05, 4.69) is 10.6 Å². The highest BCUT2D eigenvalue weighted by molar-refractivity contribution is 7.15. The molecule has 2 aromatic carbocycles. The van der Waals surface area contributed by atoms with E-state index >= 15 is 0 Å². The second-order valence-corrected chi connectivity index (χ2v) is 7.99. The van der Waals surface area contributed by atoms with Crippen LogP contribution >= 0.6 is 11.3 Å². The van der Waals surface area contributed by atoms with E-state index in [1.165, 1.54) is 11.3 Å². The van der Waals surface area contributed by atoms with Crippen molar-refractivity contribution in [3.63, 3.8) is 0 Å². The van der Waals surface area contributed by atoms with Crippen LogP contribution in [0.3, 0.4) is 0 Å². The molecule has 3 rings (SSSR count). The fourth-order valence-electron chi connectivity index (χ4n) is 3.19. The molecule has 0 aliphatic heterocycles. The Bertz CT molecular complexity index is 1090. The van der Waals surface area contributed by atoms with Crippen LogP contribution in [0.1, 0.15) is 29.3 Å². The minimum absolute atomic E-state index is 0.0819. The van der Waals surface area contributed by atoms with Crippen molar-refractivity contribution < 1.29 is 23.9 Å². The van der Waals surface area contributed by atoms with Crippen LogP contribution in [0.25, 0.3) is 11.1 Å². The Balaban J connectivity index is 1.64. The summed E-state index contributed by atoms with van der Waals surface area (Å²) >= 11 is 1.25. The lowest BCUT2D eigenvalue weighted by atomic mass is 10.0. The van der Waals surface area contributed by atoms with E-state index in [1.807, 2.05) is 47.8 Å². The number of carbonyl (C=O) groups excluding carboxylic acids is 3. The first-order valence-corrected chi connectivity index (χ1v) is 11.4. The van der Waals surface area contributed by atoms with Gasteiger partial charge in [-0.2, -0.15) is 0 Å². The van der Waals surface area contributed by atoms with Crippen LogP contribution in [0, 0.1) is 0 Å². The summed E-state index contributed by atoms with van der Waals surface area (Å²) in [4.78, 5) is 37.2. The molecule has 1 heterocycles. The van der Waals surface area contributed by atoms with E-state index in [-0.39, 0.29) is 37.8 Å². The summed E-state index contributed by atoms with van der Waals surface area (Å²) in [6.45, 7) is 2.15. The molecular formula is C25H26N2O5S. The molecule has 0 saturated heterocycles. The molecular weight excluding hydrogens is 440 g/mol. The average Bonchev–Trinajstić information content (AvgIpc) is 3.23. The third-order valence-electron chi connectivity index (χ3n) is 4.81. The maximum absolute atomic E-state index is 12.7. The molecule has 7 nitrogen and oxygen atoms in total. The summed E-state index contributed by atoms with van der Waals surface area (Å²) < 4.78 is 10.4. The highest BCUT2D eigenvalue weighted by Gasteiger charge is 2.23. The maximum atomic E-state index is 12.7. The summed E-state index contributed by atoms with van der Waals surface area (Å²) in [5.74, 6) is -0.256. The molecule has 0 saturated carbocycles. The Kier molecular flexibility index (Phi) is 8.60. The number of anilines is 1. The lowest BCUT2D eigenvalue weighted by Crippen LogP contribution is -2.29. The highest BCUT2D eigenvalue weighted by atomic mass is 32.1. The molecule has 0 atom stereocenters. The molecule has 2 N–H and O–H groups in total. The summed E-state index contributed by atoms with van der Waals surface area (Å²) in [5.41, 5.74) is 2.70. The van der Waals surface area contributed by atoms with Crippen LogP contribution in [0.2, 0.25) is 0 Å². The number of ether oxygens (including phenoxy) is 2. The number of methoxy groups -OCH3 is 1. The number of nitrogens with one attached hydrogen (secondary N) is 2. The van der Waals surface area contributed by atoms with Gasteiger partial charge < -0.3 is 20.1 Å². The number of carbonyl (C=O) groups is 3. The van der Waals surface area contributed by atoms with Gasteiger partial charge in [0.25, 0.3) is 0 Å². The number of hydrogen-bond donors (Lipinski definition) is 2. The van der Waals surface area contributed by atoms with E-state index in [0.717, 1.165) is 11.1 Å². The monoisotopic (exact) mass is 466 g/mol. The molecule has 172 valence electrons. The van der Waals surface area contributed by atoms with Gasteiger partial charge >= 0.3 is 5.97 Å². The number of thiophene rings is 1. The molecule has 33 heavy (non-hydrogen) atoms. The number of amides is 2. The van der Waals surface area contributed by atoms with E-state index < -0.39 is 5.97 Å². The number of rotatable bonds is 10. The van der Waals surface area contributed by atoms with E-state index in [9.17, 15) is 14.4 Å². The third-order valence-corrected chi connectivity index (χ3v) is 5.70. The molecule has 0 radical (unpaired) electrons. The fourth-order valence-corrected chi connectivity index (χ4v) is 4.16.